The fraction of sp³-hybridized carbons (Fsp3) is 0. The van der Waals surface area contributed by atoms with Crippen molar-refractivity contribution in [1.29, 1.82) is 0 Å². The molecular weight excluding hydrogens is 704 g/mol. The smallest absolute Gasteiger partial charge is 0.148 e. The normalized spacial score (nSPS) is 10.9. The summed E-state index contributed by atoms with van der Waals surface area (Å²) in [6.45, 7) is 0. The maximum Gasteiger partial charge on any atom is 0.148 e. The molecule has 4 heteroatoms. The van der Waals surface area contributed by atoms with Crippen molar-refractivity contribution < 1.29 is 4.74 Å². The summed E-state index contributed by atoms with van der Waals surface area (Å²) in [7, 11) is 0. The Balaban J connectivity index is 1.13. The molecule has 0 bridgehead atoms. The van der Waals surface area contributed by atoms with Gasteiger partial charge in [-0.25, -0.2) is 0 Å². The molecule has 9 aromatic carbocycles. The molecule has 0 aliphatic carbocycles. The van der Waals surface area contributed by atoms with Gasteiger partial charge in [0, 0.05) is 34.2 Å². The van der Waals surface area contributed by atoms with Crippen molar-refractivity contribution in [1.82, 2.24) is 0 Å². The van der Waals surface area contributed by atoms with E-state index in [0.717, 1.165) is 56.0 Å². The lowest BCUT2D eigenvalue weighted by atomic mass is 10.0. The summed E-state index contributed by atoms with van der Waals surface area (Å²) in [5, 5.41) is 2.67. The molecule has 0 aromatic heterocycles. The fourth-order valence-corrected chi connectivity index (χ4v) is 7.51. The maximum atomic E-state index is 7.44. The van der Waals surface area contributed by atoms with Crippen LogP contribution in [0.3, 0.4) is 0 Å². The SMILES string of the molecule is Clc1c(Oc2cc(N(c3ccccc3)c3ccccc3)c3ccccc3c2)cccc1N(c1ccc(-c2ccccc2)cc1)c1ccc(-c2ccccc2)cc1. The first-order chi connectivity index (χ1) is 27.7. The minimum absolute atomic E-state index is 0.504. The Morgan fingerprint density at radius 1 is 0.339 bits per heavy atom. The molecule has 0 radical (unpaired) electrons. The molecule has 0 unspecified atom stereocenters. The summed E-state index contributed by atoms with van der Waals surface area (Å²) in [6, 6.07) is 77.5. The van der Waals surface area contributed by atoms with Crippen LogP contribution in [0.25, 0.3) is 33.0 Å². The molecule has 0 saturated heterocycles. The number of halogens is 1. The van der Waals surface area contributed by atoms with E-state index in [1.165, 1.54) is 11.1 Å². The molecule has 9 rings (SSSR count). The van der Waals surface area contributed by atoms with Gasteiger partial charge < -0.3 is 14.5 Å². The molecule has 0 spiro atoms. The quantitative estimate of drug-likeness (QED) is 0.139. The Morgan fingerprint density at radius 3 is 1.30 bits per heavy atom. The van der Waals surface area contributed by atoms with Crippen LogP contribution in [0.5, 0.6) is 11.5 Å². The van der Waals surface area contributed by atoms with Crippen LogP contribution in [0.4, 0.5) is 34.1 Å². The van der Waals surface area contributed by atoms with E-state index in [1.807, 2.05) is 42.5 Å². The van der Waals surface area contributed by atoms with Crippen LogP contribution in [0.2, 0.25) is 5.02 Å². The lowest BCUT2D eigenvalue weighted by molar-refractivity contribution is 0.484. The minimum Gasteiger partial charge on any atom is -0.456 e. The second kappa shape index (κ2) is 15.7. The predicted molar refractivity (Wildman–Crippen MR) is 236 cm³/mol. The van der Waals surface area contributed by atoms with Gasteiger partial charge >= 0.3 is 0 Å². The first-order valence-corrected chi connectivity index (χ1v) is 19.1. The van der Waals surface area contributed by atoms with Gasteiger partial charge in [0.05, 0.1) is 11.4 Å². The molecule has 0 aliphatic rings. The van der Waals surface area contributed by atoms with Crippen molar-refractivity contribution in [3.05, 3.63) is 229 Å². The van der Waals surface area contributed by atoms with Crippen LogP contribution in [0.15, 0.2) is 224 Å². The zero-order valence-electron chi connectivity index (χ0n) is 30.5. The summed E-state index contributed by atoms with van der Waals surface area (Å²) in [5.41, 5.74) is 10.5. The van der Waals surface area contributed by atoms with Crippen molar-refractivity contribution in [2.45, 2.75) is 0 Å². The number of para-hydroxylation sites is 2. The van der Waals surface area contributed by atoms with Crippen molar-refractivity contribution in [3.8, 4) is 33.8 Å². The van der Waals surface area contributed by atoms with E-state index >= 15 is 0 Å². The second-order valence-corrected chi connectivity index (χ2v) is 13.9. The molecule has 9 aromatic rings. The first kappa shape index (κ1) is 34.7. The van der Waals surface area contributed by atoms with Gasteiger partial charge in [-0.15, -0.1) is 0 Å². The molecule has 3 nitrogen and oxygen atoms in total. The molecule has 0 atom stereocenters. The molecule has 0 fully saturated rings. The van der Waals surface area contributed by atoms with E-state index in [1.54, 1.807) is 0 Å². The van der Waals surface area contributed by atoms with Gasteiger partial charge in [-0.2, -0.15) is 0 Å². The Labute approximate surface area is 332 Å². The van der Waals surface area contributed by atoms with Crippen LogP contribution < -0.4 is 14.5 Å². The van der Waals surface area contributed by atoms with E-state index < -0.39 is 0 Å². The number of anilines is 6. The highest BCUT2D eigenvalue weighted by molar-refractivity contribution is 6.35. The van der Waals surface area contributed by atoms with Gasteiger partial charge in [0.2, 0.25) is 0 Å². The number of nitrogens with zero attached hydrogens (tertiary/aromatic N) is 2. The average molecular weight is 741 g/mol. The van der Waals surface area contributed by atoms with E-state index in [2.05, 4.69) is 192 Å². The third-order valence-electron chi connectivity index (χ3n) is 9.96. The third-order valence-corrected chi connectivity index (χ3v) is 10.3. The average Bonchev–Trinajstić information content (AvgIpc) is 3.27. The third kappa shape index (κ3) is 7.12. The number of hydrogen-bond donors (Lipinski definition) is 0. The van der Waals surface area contributed by atoms with E-state index in [4.69, 9.17) is 16.3 Å². The number of rotatable bonds is 10. The Morgan fingerprint density at radius 2 is 0.768 bits per heavy atom. The topological polar surface area (TPSA) is 15.7 Å². The minimum atomic E-state index is 0.504. The molecule has 0 N–H and O–H groups in total. The zero-order chi connectivity index (χ0) is 37.7. The summed E-state index contributed by atoms with van der Waals surface area (Å²) in [5.74, 6) is 1.24. The van der Waals surface area contributed by atoms with Gasteiger partial charge in [0.1, 0.15) is 16.5 Å². The molecular formula is C52H37ClN2O. The van der Waals surface area contributed by atoms with Crippen molar-refractivity contribution >= 4 is 56.5 Å². The van der Waals surface area contributed by atoms with E-state index in [0.29, 0.717) is 16.5 Å². The molecule has 0 amide bonds. The number of fused-ring (bicyclic) bond motifs is 1. The number of ether oxygens (including phenoxy) is 1. The lowest BCUT2D eigenvalue weighted by Gasteiger charge is -2.28. The van der Waals surface area contributed by atoms with Crippen molar-refractivity contribution in [3.63, 3.8) is 0 Å². The largest absolute Gasteiger partial charge is 0.456 e. The van der Waals surface area contributed by atoms with Crippen LogP contribution in [0.1, 0.15) is 0 Å². The first-order valence-electron chi connectivity index (χ1n) is 18.7. The molecule has 0 aliphatic heterocycles. The second-order valence-electron chi connectivity index (χ2n) is 13.5. The Hall–Kier alpha value is -7.07. The van der Waals surface area contributed by atoms with Crippen LogP contribution in [0, 0.1) is 0 Å². The fourth-order valence-electron chi connectivity index (χ4n) is 7.26. The predicted octanol–water partition coefficient (Wildman–Crippen LogP) is 15.6. The van der Waals surface area contributed by atoms with Crippen LogP contribution >= 0.6 is 11.6 Å². The molecule has 0 saturated carbocycles. The summed E-state index contributed by atoms with van der Waals surface area (Å²) >= 11 is 7.44. The summed E-state index contributed by atoms with van der Waals surface area (Å²) < 4.78 is 6.81. The standard InChI is InChI=1S/C52H37ClN2O/c53-52-49(54(45-32-28-40(29-33-45)38-16-5-1-6-17-38)46-34-30-41(31-35-46)39-18-7-2-8-19-39)26-15-27-51(52)56-47-36-42-20-13-14-25-48(42)50(37-47)55(43-21-9-3-10-22-43)44-23-11-4-12-24-44/h1-37H. The highest BCUT2D eigenvalue weighted by Crippen LogP contribution is 2.46. The highest BCUT2D eigenvalue weighted by Gasteiger charge is 2.21. The van der Waals surface area contributed by atoms with Gasteiger partial charge in [0.25, 0.3) is 0 Å². The van der Waals surface area contributed by atoms with Crippen molar-refractivity contribution in [2.24, 2.45) is 0 Å². The van der Waals surface area contributed by atoms with Gasteiger partial charge in [-0.3, -0.25) is 0 Å². The van der Waals surface area contributed by atoms with Gasteiger partial charge in [-0.05, 0) is 94.4 Å². The Bertz CT molecular complexity index is 2580. The molecule has 56 heavy (non-hydrogen) atoms. The lowest BCUT2D eigenvalue weighted by Crippen LogP contribution is -2.11. The van der Waals surface area contributed by atoms with E-state index in [9.17, 15) is 0 Å². The summed E-state index contributed by atoms with van der Waals surface area (Å²) in [4.78, 5) is 4.46. The highest BCUT2D eigenvalue weighted by atomic mass is 35.5. The van der Waals surface area contributed by atoms with Crippen LogP contribution in [-0.2, 0) is 0 Å². The molecule has 0 heterocycles. The summed E-state index contributed by atoms with van der Waals surface area (Å²) in [6.07, 6.45) is 0. The number of benzene rings is 9. The number of hydrogen-bond acceptors (Lipinski definition) is 3. The Kier molecular flexibility index (Phi) is 9.74. The monoisotopic (exact) mass is 740 g/mol. The van der Waals surface area contributed by atoms with Crippen LogP contribution in [-0.4, -0.2) is 0 Å². The zero-order valence-corrected chi connectivity index (χ0v) is 31.3. The maximum absolute atomic E-state index is 7.44. The van der Waals surface area contributed by atoms with Gasteiger partial charge in [0.15, 0.2) is 0 Å². The van der Waals surface area contributed by atoms with Crippen molar-refractivity contribution in [2.75, 3.05) is 9.80 Å². The van der Waals surface area contributed by atoms with E-state index in [-0.39, 0.29) is 0 Å². The van der Waals surface area contributed by atoms with Gasteiger partial charge in [-0.1, -0.05) is 163 Å². The molecule has 268 valence electrons.